The first kappa shape index (κ1) is 25.5. The summed E-state index contributed by atoms with van der Waals surface area (Å²) >= 11 is 2.87. The zero-order valence-corrected chi connectivity index (χ0v) is 21.8. The molecule has 2 aromatic heterocycles. The lowest BCUT2D eigenvalue weighted by Crippen LogP contribution is -2.43. The molecule has 0 spiro atoms. The smallest absolute Gasteiger partial charge is 0.270 e. The summed E-state index contributed by atoms with van der Waals surface area (Å²) in [5, 5.41) is 12.5. The van der Waals surface area contributed by atoms with Gasteiger partial charge in [0, 0.05) is 48.4 Å². The van der Waals surface area contributed by atoms with E-state index in [0.29, 0.717) is 35.2 Å². The Labute approximate surface area is 216 Å². The third-order valence-corrected chi connectivity index (χ3v) is 8.36. The third kappa shape index (κ3) is 5.17. The Balaban J connectivity index is 0.00000289. The number of nitro groups is 1. The van der Waals surface area contributed by atoms with Crippen LogP contribution in [-0.2, 0) is 4.74 Å². The molecule has 1 amide bonds. The van der Waals surface area contributed by atoms with Crippen LogP contribution in [0.25, 0.3) is 20.3 Å². The van der Waals surface area contributed by atoms with Crippen LogP contribution in [0.1, 0.15) is 20.8 Å². The second-order valence-corrected chi connectivity index (χ2v) is 10.4. The molecule has 1 aliphatic rings. The maximum atomic E-state index is 13.8. The van der Waals surface area contributed by atoms with Gasteiger partial charge < -0.3 is 4.74 Å². The molecule has 35 heavy (non-hydrogen) atoms. The van der Waals surface area contributed by atoms with Gasteiger partial charge in [0.05, 0.1) is 33.2 Å². The summed E-state index contributed by atoms with van der Waals surface area (Å²) in [6.07, 6.45) is 0. The van der Waals surface area contributed by atoms with Crippen molar-refractivity contribution < 1.29 is 14.5 Å². The van der Waals surface area contributed by atoms with Gasteiger partial charge in [0.1, 0.15) is 0 Å². The number of amides is 1. The van der Waals surface area contributed by atoms with Crippen molar-refractivity contribution in [1.82, 2.24) is 9.88 Å². The molecule has 4 aromatic rings. The Bertz CT molecular complexity index is 1400. The highest BCUT2D eigenvalue weighted by atomic mass is 35.5. The fourth-order valence-electron chi connectivity index (χ4n) is 4.06. The standard InChI is InChI=1S/C24H24N4O4S2.ClH/c1-15-3-5-20-22(16(15)2)25-24(34-20)27(8-7-26-9-11-32-12-10-26)23(29)21-14-17-13-18(28(30)31)4-6-19(17)33-21;/h3-6,13-14H,7-12H2,1-2H3;1H. The van der Waals surface area contributed by atoms with Crippen molar-refractivity contribution in [3.63, 3.8) is 0 Å². The fraction of sp³-hybridized carbons (Fsp3) is 0.333. The number of nitrogens with zero attached hydrogens (tertiary/aromatic N) is 4. The molecule has 0 saturated carbocycles. The van der Waals surface area contributed by atoms with Crippen LogP contribution in [0.15, 0.2) is 36.4 Å². The number of anilines is 1. The molecule has 3 heterocycles. The zero-order chi connectivity index (χ0) is 23.8. The molecule has 0 aliphatic carbocycles. The van der Waals surface area contributed by atoms with Crippen molar-refractivity contribution in [3.8, 4) is 0 Å². The number of hydrogen-bond acceptors (Lipinski definition) is 8. The van der Waals surface area contributed by atoms with Crippen LogP contribution < -0.4 is 4.90 Å². The van der Waals surface area contributed by atoms with Crippen LogP contribution in [0.3, 0.4) is 0 Å². The van der Waals surface area contributed by atoms with Crippen LogP contribution in [0, 0.1) is 24.0 Å². The lowest BCUT2D eigenvalue weighted by atomic mass is 10.1. The predicted octanol–water partition coefficient (Wildman–Crippen LogP) is 5.44. The van der Waals surface area contributed by atoms with Gasteiger partial charge in [-0.2, -0.15) is 0 Å². The Morgan fingerprint density at radius 3 is 2.63 bits per heavy atom. The lowest BCUT2D eigenvalue weighted by molar-refractivity contribution is -0.384. The number of carbonyl (C=O) groups excluding carboxylic acids is 1. The van der Waals surface area contributed by atoms with E-state index in [0.717, 1.165) is 40.1 Å². The van der Waals surface area contributed by atoms with Gasteiger partial charge in [-0.15, -0.1) is 23.7 Å². The molecule has 11 heteroatoms. The molecule has 0 bridgehead atoms. The van der Waals surface area contributed by atoms with Crippen LogP contribution in [0.2, 0.25) is 0 Å². The topological polar surface area (TPSA) is 88.8 Å². The minimum Gasteiger partial charge on any atom is -0.379 e. The first-order valence-electron chi connectivity index (χ1n) is 11.1. The number of benzene rings is 2. The van der Waals surface area contributed by atoms with Crippen molar-refractivity contribution in [2.24, 2.45) is 0 Å². The summed E-state index contributed by atoms with van der Waals surface area (Å²) in [6, 6.07) is 10.6. The van der Waals surface area contributed by atoms with Crippen molar-refractivity contribution in [2.45, 2.75) is 13.8 Å². The highest BCUT2D eigenvalue weighted by Crippen LogP contribution is 2.35. The normalized spacial score (nSPS) is 14.2. The summed E-state index contributed by atoms with van der Waals surface area (Å²) in [5.74, 6) is -0.134. The van der Waals surface area contributed by atoms with Gasteiger partial charge >= 0.3 is 0 Å². The van der Waals surface area contributed by atoms with E-state index in [1.54, 1.807) is 17.0 Å². The maximum Gasteiger partial charge on any atom is 0.270 e. The van der Waals surface area contributed by atoms with E-state index >= 15 is 0 Å². The summed E-state index contributed by atoms with van der Waals surface area (Å²) in [5.41, 5.74) is 3.23. The fourth-order valence-corrected chi connectivity index (χ4v) is 6.10. The molecule has 1 fully saturated rings. The second kappa shape index (κ2) is 10.5. The quantitative estimate of drug-likeness (QED) is 0.243. The van der Waals surface area contributed by atoms with Gasteiger partial charge in [-0.25, -0.2) is 4.98 Å². The van der Waals surface area contributed by atoms with Crippen LogP contribution in [-0.4, -0.2) is 60.1 Å². The average Bonchev–Trinajstić information content (AvgIpc) is 3.46. The Kier molecular flexibility index (Phi) is 7.67. The molecule has 1 saturated heterocycles. The van der Waals surface area contributed by atoms with E-state index in [4.69, 9.17) is 9.72 Å². The Morgan fingerprint density at radius 1 is 1.14 bits per heavy atom. The molecule has 0 unspecified atom stereocenters. The highest BCUT2D eigenvalue weighted by molar-refractivity contribution is 7.23. The Morgan fingerprint density at radius 2 is 1.89 bits per heavy atom. The molecular weight excluding hydrogens is 508 g/mol. The number of hydrogen-bond donors (Lipinski definition) is 0. The Hall–Kier alpha value is -2.63. The van der Waals surface area contributed by atoms with Gasteiger partial charge in [-0.1, -0.05) is 17.4 Å². The SMILES string of the molecule is Cc1ccc2sc(N(CCN3CCOCC3)C(=O)c3cc4cc([N+](=O)[O-])ccc4s3)nc2c1C.Cl. The second-order valence-electron chi connectivity index (χ2n) is 8.35. The van der Waals surface area contributed by atoms with E-state index in [1.807, 2.05) is 0 Å². The van der Waals surface area contributed by atoms with Crippen LogP contribution in [0.4, 0.5) is 10.8 Å². The molecule has 5 rings (SSSR count). The molecule has 0 N–H and O–H groups in total. The number of ether oxygens (including phenoxy) is 1. The van der Waals surface area contributed by atoms with Gasteiger partial charge in [-0.05, 0) is 43.2 Å². The average molecular weight is 533 g/mol. The summed E-state index contributed by atoms with van der Waals surface area (Å²) < 4.78 is 7.35. The number of fused-ring (bicyclic) bond motifs is 2. The number of nitro benzene ring substituents is 1. The summed E-state index contributed by atoms with van der Waals surface area (Å²) in [4.78, 5) is 34.0. The maximum absolute atomic E-state index is 13.8. The van der Waals surface area contributed by atoms with Gasteiger partial charge in [0.25, 0.3) is 11.6 Å². The van der Waals surface area contributed by atoms with Crippen molar-refractivity contribution >= 4 is 72.1 Å². The molecular formula is C24H25ClN4O4S2. The van der Waals surface area contributed by atoms with E-state index < -0.39 is 4.92 Å². The first-order valence-corrected chi connectivity index (χ1v) is 12.7. The summed E-state index contributed by atoms with van der Waals surface area (Å²) in [7, 11) is 0. The third-order valence-electron chi connectivity index (χ3n) is 6.21. The lowest BCUT2D eigenvalue weighted by Gasteiger charge is -2.29. The van der Waals surface area contributed by atoms with Gasteiger partial charge in [0.15, 0.2) is 5.13 Å². The van der Waals surface area contributed by atoms with Gasteiger partial charge in [-0.3, -0.25) is 24.7 Å². The number of halogens is 1. The molecule has 1 aliphatic heterocycles. The number of rotatable bonds is 6. The number of thiazole rings is 1. The number of morpholine rings is 1. The first-order chi connectivity index (χ1) is 16.4. The number of thiophene rings is 1. The van der Waals surface area contributed by atoms with Crippen LogP contribution >= 0.6 is 35.1 Å². The molecule has 8 nitrogen and oxygen atoms in total. The van der Waals surface area contributed by atoms with Crippen LogP contribution in [0.5, 0.6) is 0 Å². The van der Waals surface area contributed by atoms with Gasteiger partial charge in [0.2, 0.25) is 0 Å². The van der Waals surface area contributed by atoms with E-state index in [9.17, 15) is 14.9 Å². The zero-order valence-electron chi connectivity index (χ0n) is 19.4. The highest BCUT2D eigenvalue weighted by Gasteiger charge is 2.25. The minimum atomic E-state index is -0.418. The monoisotopic (exact) mass is 532 g/mol. The molecule has 184 valence electrons. The van der Waals surface area contributed by atoms with E-state index in [-0.39, 0.29) is 24.0 Å². The number of non-ortho nitro benzene ring substituents is 1. The number of aromatic nitrogens is 1. The molecule has 0 radical (unpaired) electrons. The molecule has 2 aromatic carbocycles. The van der Waals surface area contributed by atoms with E-state index in [1.165, 1.54) is 40.4 Å². The van der Waals surface area contributed by atoms with Crippen molar-refractivity contribution in [1.29, 1.82) is 0 Å². The largest absolute Gasteiger partial charge is 0.379 e. The predicted molar refractivity (Wildman–Crippen MR) is 144 cm³/mol. The number of aryl methyl sites for hydroxylation is 2. The summed E-state index contributed by atoms with van der Waals surface area (Å²) in [6.45, 7) is 8.42. The minimum absolute atomic E-state index is 0. The van der Waals surface area contributed by atoms with Crippen molar-refractivity contribution in [2.75, 3.05) is 44.3 Å². The van der Waals surface area contributed by atoms with Crippen molar-refractivity contribution in [3.05, 3.63) is 62.5 Å². The molecule has 0 atom stereocenters. The van der Waals surface area contributed by atoms with E-state index in [2.05, 4.69) is 30.9 Å². The number of carbonyl (C=O) groups is 1.